The van der Waals surface area contributed by atoms with Gasteiger partial charge < -0.3 is 11.1 Å². The molecule has 1 heterocycles. The molecule has 0 spiro atoms. The first-order valence-electron chi connectivity index (χ1n) is 5.57. The highest BCUT2D eigenvalue weighted by molar-refractivity contribution is 5.90. The largest absolute Gasteiger partial charge is 0.370 e. The Morgan fingerprint density at radius 1 is 1.59 bits per heavy atom. The van der Waals surface area contributed by atoms with Gasteiger partial charge >= 0.3 is 0 Å². The molecule has 1 aliphatic rings. The van der Waals surface area contributed by atoms with Gasteiger partial charge in [0.25, 0.3) is 5.91 Å². The van der Waals surface area contributed by atoms with Gasteiger partial charge in [-0.2, -0.15) is 0 Å². The fourth-order valence-corrected chi connectivity index (χ4v) is 1.56. The molecule has 0 bridgehead atoms. The molecule has 0 aromatic carbocycles. The Bertz CT molecular complexity index is 438. The molecule has 1 aromatic heterocycles. The lowest BCUT2D eigenvalue weighted by molar-refractivity contribution is -0.118. The fourth-order valence-electron chi connectivity index (χ4n) is 1.56. The topological polar surface area (TPSA) is 114 Å². The monoisotopic (exact) mass is 237 g/mol. The minimum absolute atomic E-state index is 0.103. The van der Waals surface area contributed by atoms with Gasteiger partial charge in [-0.05, 0) is 19.8 Å². The second kappa shape index (κ2) is 4.52. The smallest absolute Gasteiger partial charge is 0.291 e. The third kappa shape index (κ3) is 3.02. The van der Waals surface area contributed by atoms with E-state index in [9.17, 15) is 9.59 Å². The molecule has 2 amide bonds. The van der Waals surface area contributed by atoms with E-state index in [1.165, 1.54) is 0 Å². The number of aromatic nitrogens is 3. The Kier molecular flexibility index (Phi) is 3.08. The van der Waals surface area contributed by atoms with Crippen LogP contribution in [0.3, 0.4) is 0 Å². The quantitative estimate of drug-likeness (QED) is 0.650. The SMILES string of the molecule is CC(CC(N)=O)NC(=O)c1n[nH]c(C2CC2)n1. The molecule has 1 aromatic rings. The molecule has 7 nitrogen and oxygen atoms in total. The van der Waals surface area contributed by atoms with Gasteiger partial charge in [-0.25, -0.2) is 4.98 Å². The van der Waals surface area contributed by atoms with E-state index in [0.717, 1.165) is 18.7 Å². The molecule has 4 N–H and O–H groups in total. The third-order valence-electron chi connectivity index (χ3n) is 2.55. The number of nitrogens with zero attached hydrogens (tertiary/aromatic N) is 2. The van der Waals surface area contributed by atoms with Crippen molar-refractivity contribution < 1.29 is 9.59 Å². The minimum atomic E-state index is -0.452. The Hall–Kier alpha value is -1.92. The van der Waals surface area contributed by atoms with Gasteiger partial charge in [-0.3, -0.25) is 14.7 Å². The first-order chi connectivity index (χ1) is 8.06. The van der Waals surface area contributed by atoms with Crippen LogP contribution in [0.15, 0.2) is 0 Å². The molecule has 1 saturated carbocycles. The molecule has 1 atom stereocenters. The van der Waals surface area contributed by atoms with Crippen molar-refractivity contribution >= 4 is 11.8 Å². The molecule has 17 heavy (non-hydrogen) atoms. The zero-order valence-corrected chi connectivity index (χ0v) is 9.56. The maximum Gasteiger partial charge on any atom is 0.291 e. The lowest BCUT2D eigenvalue weighted by Gasteiger charge is -2.09. The van der Waals surface area contributed by atoms with Crippen LogP contribution in [0, 0.1) is 0 Å². The van der Waals surface area contributed by atoms with Crippen molar-refractivity contribution in [3.05, 3.63) is 11.6 Å². The van der Waals surface area contributed by atoms with Crippen LogP contribution in [0.5, 0.6) is 0 Å². The Morgan fingerprint density at radius 3 is 2.88 bits per heavy atom. The van der Waals surface area contributed by atoms with Crippen LogP contribution < -0.4 is 11.1 Å². The van der Waals surface area contributed by atoms with E-state index in [2.05, 4.69) is 20.5 Å². The zero-order valence-electron chi connectivity index (χ0n) is 9.56. The highest BCUT2D eigenvalue weighted by Crippen LogP contribution is 2.37. The average Bonchev–Trinajstić information content (AvgIpc) is 2.95. The van der Waals surface area contributed by atoms with Gasteiger partial charge in [0, 0.05) is 18.4 Å². The Morgan fingerprint density at radius 2 is 2.29 bits per heavy atom. The summed E-state index contributed by atoms with van der Waals surface area (Å²) in [6.45, 7) is 1.71. The summed E-state index contributed by atoms with van der Waals surface area (Å²) in [6.07, 6.45) is 2.29. The second-order valence-corrected chi connectivity index (χ2v) is 4.36. The highest BCUT2D eigenvalue weighted by Gasteiger charge is 2.28. The number of hydrogen-bond acceptors (Lipinski definition) is 4. The number of carbonyl (C=O) groups is 2. The van der Waals surface area contributed by atoms with Gasteiger partial charge in [0.15, 0.2) is 0 Å². The third-order valence-corrected chi connectivity index (χ3v) is 2.55. The van der Waals surface area contributed by atoms with E-state index in [-0.39, 0.29) is 24.2 Å². The number of H-pyrrole nitrogens is 1. The molecule has 7 heteroatoms. The Labute approximate surface area is 98.2 Å². The van der Waals surface area contributed by atoms with Crippen LogP contribution in [-0.2, 0) is 4.79 Å². The number of amides is 2. The van der Waals surface area contributed by atoms with Crippen LogP contribution >= 0.6 is 0 Å². The van der Waals surface area contributed by atoms with E-state index in [0.29, 0.717) is 5.92 Å². The maximum atomic E-state index is 11.7. The van der Waals surface area contributed by atoms with Gasteiger partial charge in [0.05, 0.1) is 0 Å². The van der Waals surface area contributed by atoms with Crippen LogP contribution in [0.2, 0.25) is 0 Å². The normalized spacial score (nSPS) is 16.5. The maximum absolute atomic E-state index is 11.7. The van der Waals surface area contributed by atoms with E-state index in [1.807, 2.05) is 0 Å². The number of carbonyl (C=O) groups excluding carboxylic acids is 2. The summed E-state index contributed by atoms with van der Waals surface area (Å²) < 4.78 is 0. The van der Waals surface area contributed by atoms with Crippen molar-refractivity contribution in [2.45, 2.75) is 38.1 Å². The molecular weight excluding hydrogens is 222 g/mol. The molecule has 0 saturated heterocycles. The van der Waals surface area contributed by atoms with Crippen molar-refractivity contribution in [3.63, 3.8) is 0 Å². The number of nitrogens with two attached hydrogens (primary N) is 1. The predicted molar refractivity (Wildman–Crippen MR) is 59.1 cm³/mol. The number of aromatic amines is 1. The molecule has 1 fully saturated rings. The van der Waals surface area contributed by atoms with Crippen LogP contribution in [0.25, 0.3) is 0 Å². The zero-order chi connectivity index (χ0) is 12.4. The van der Waals surface area contributed by atoms with Gasteiger partial charge in [0.1, 0.15) is 5.82 Å². The first kappa shape index (κ1) is 11.6. The van der Waals surface area contributed by atoms with Gasteiger partial charge in [-0.15, -0.1) is 5.10 Å². The van der Waals surface area contributed by atoms with E-state index < -0.39 is 5.91 Å². The van der Waals surface area contributed by atoms with Crippen molar-refractivity contribution in [1.29, 1.82) is 0 Å². The van der Waals surface area contributed by atoms with E-state index in [1.54, 1.807) is 6.92 Å². The first-order valence-corrected chi connectivity index (χ1v) is 5.57. The predicted octanol–water partition coefficient (Wildman–Crippen LogP) is -0.324. The lowest BCUT2D eigenvalue weighted by Crippen LogP contribution is -2.36. The van der Waals surface area contributed by atoms with Crippen molar-refractivity contribution in [2.24, 2.45) is 5.73 Å². The van der Waals surface area contributed by atoms with Crippen molar-refractivity contribution in [1.82, 2.24) is 20.5 Å². The Balaban J connectivity index is 1.91. The molecular formula is C10H15N5O2. The van der Waals surface area contributed by atoms with Crippen molar-refractivity contribution in [2.75, 3.05) is 0 Å². The highest BCUT2D eigenvalue weighted by atomic mass is 16.2. The number of primary amides is 1. The molecule has 0 aliphatic heterocycles. The minimum Gasteiger partial charge on any atom is -0.370 e. The summed E-state index contributed by atoms with van der Waals surface area (Å²) in [5.74, 6) is 0.460. The fraction of sp³-hybridized carbons (Fsp3) is 0.600. The van der Waals surface area contributed by atoms with Gasteiger partial charge in [0.2, 0.25) is 11.7 Å². The van der Waals surface area contributed by atoms with Gasteiger partial charge in [-0.1, -0.05) is 0 Å². The lowest BCUT2D eigenvalue weighted by atomic mass is 10.2. The second-order valence-electron chi connectivity index (χ2n) is 4.36. The van der Waals surface area contributed by atoms with Crippen LogP contribution in [-0.4, -0.2) is 33.0 Å². The molecule has 1 aliphatic carbocycles. The van der Waals surface area contributed by atoms with Crippen molar-refractivity contribution in [3.8, 4) is 0 Å². The summed E-state index contributed by atoms with van der Waals surface area (Å²) in [7, 11) is 0. The van der Waals surface area contributed by atoms with Crippen LogP contribution in [0.1, 0.15) is 48.5 Å². The van der Waals surface area contributed by atoms with E-state index in [4.69, 9.17) is 5.73 Å². The summed E-state index contributed by atoms with van der Waals surface area (Å²) in [5, 5.41) is 9.21. The summed E-state index contributed by atoms with van der Waals surface area (Å²) >= 11 is 0. The molecule has 1 unspecified atom stereocenters. The number of hydrogen-bond donors (Lipinski definition) is 3. The van der Waals surface area contributed by atoms with E-state index >= 15 is 0 Å². The summed E-state index contributed by atoms with van der Waals surface area (Å²) in [5.41, 5.74) is 5.03. The number of rotatable bonds is 5. The van der Waals surface area contributed by atoms with Crippen LogP contribution in [0.4, 0.5) is 0 Å². The molecule has 2 rings (SSSR count). The number of nitrogens with one attached hydrogen (secondary N) is 2. The average molecular weight is 237 g/mol. The molecule has 92 valence electrons. The summed E-state index contributed by atoms with van der Waals surface area (Å²) in [6, 6.07) is -0.317. The molecule has 0 radical (unpaired) electrons. The summed E-state index contributed by atoms with van der Waals surface area (Å²) in [4.78, 5) is 26.5. The standard InChI is InChI=1S/C10H15N5O2/c1-5(4-7(11)16)12-10(17)9-13-8(14-15-9)6-2-3-6/h5-6H,2-4H2,1H3,(H2,11,16)(H,12,17)(H,13,14,15).